The first-order chi connectivity index (χ1) is 18.1. The minimum Gasteiger partial charge on any atom is -0.508 e. The smallest absolute Gasteiger partial charge is 0.327 e. The molecule has 10 nitrogen and oxygen atoms in total. The zero-order valence-corrected chi connectivity index (χ0v) is 24.8. The molecule has 0 fully saturated rings. The van der Waals surface area contributed by atoms with Crippen molar-refractivity contribution < 1.29 is 29.4 Å². The summed E-state index contributed by atoms with van der Waals surface area (Å²) in [5.41, 5.74) is 8.52. The molecule has 0 spiro atoms. The highest BCUT2D eigenvalue weighted by Gasteiger charge is 2.36. The number of carboxylic acid groups (broad SMARTS) is 1. The Balaban J connectivity index is 2.15. The summed E-state index contributed by atoms with van der Waals surface area (Å²) in [4.78, 5) is 51.7. The van der Waals surface area contributed by atoms with Gasteiger partial charge in [0.2, 0.25) is 17.7 Å². The zero-order chi connectivity index (χ0) is 29.5. The lowest BCUT2D eigenvalue weighted by Gasteiger charge is -2.29. The molecule has 13 heteroatoms. The summed E-state index contributed by atoms with van der Waals surface area (Å²) in [6, 6.07) is 2.22. The van der Waals surface area contributed by atoms with Crippen molar-refractivity contribution in [1.82, 2.24) is 16.0 Å². The van der Waals surface area contributed by atoms with Crippen molar-refractivity contribution in [2.24, 2.45) is 5.73 Å². The molecule has 1 aromatic heterocycles. The van der Waals surface area contributed by atoms with Gasteiger partial charge in [-0.1, -0.05) is 6.07 Å². The average molecular weight is 597 g/mol. The van der Waals surface area contributed by atoms with Crippen LogP contribution in [0.4, 0.5) is 0 Å². The van der Waals surface area contributed by atoms with Crippen LogP contribution >= 0.6 is 36.6 Å². The fourth-order valence-corrected chi connectivity index (χ4v) is 5.16. The first-order valence-corrected chi connectivity index (χ1v) is 14.1. The molecule has 0 saturated heterocycles. The molecule has 0 unspecified atom stereocenters. The van der Waals surface area contributed by atoms with Gasteiger partial charge in [-0.15, -0.1) is 11.3 Å². The second kappa shape index (κ2) is 14.1. The van der Waals surface area contributed by atoms with Crippen molar-refractivity contribution in [2.45, 2.75) is 69.5 Å². The summed E-state index contributed by atoms with van der Waals surface area (Å²) in [7, 11) is 0. The lowest BCUT2D eigenvalue weighted by atomic mass is 9.96. The molecule has 2 aromatic rings. The topological polar surface area (TPSA) is 171 Å². The third-order valence-corrected chi connectivity index (χ3v) is 7.64. The Morgan fingerprint density at radius 3 is 2.05 bits per heavy atom. The van der Waals surface area contributed by atoms with E-state index in [4.69, 9.17) is 5.73 Å². The Kier molecular flexibility index (Phi) is 11.7. The molecule has 0 aliphatic rings. The predicted octanol–water partition coefficient (Wildman–Crippen LogP) is 1.36. The number of aryl methyl sites for hydroxylation is 2. The van der Waals surface area contributed by atoms with Gasteiger partial charge < -0.3 is 31.9 Å². The van der Waals surface area contributed by atoms with Gasteiger partial charge in [-0.3, -0.25) is 14.4 Å². The molecule has 1 aromatic carbocycles. The third-order valence-electron chi connectivity index (χ3n) is 6.12. The van der Waals surface area contributed by atoms with Gasteiger partial charge in [0.15, 0.2) is 0 Å². The molecule has 0 aliphatic heterocycles. The van der Waals surface area contributed by atoms with Gasteiger partial charge in [0.25, 0.3) is 0 Å². The van der Waals surface area contributed by atoms with Gasteiger partial charge in [0.1, 0.15) is 23.9 Å². The monoisotopic (exact) mass is 596 g/mol. The molecular formula is C26H36N4O6S3. The Morgan fingerprint density at radius 1 is 1.00 bits per heavy atom. The summed E-state index contributed by atoms with van der Waals surface area (Å²) in [5, 5.41) is 28.8. The number of hydrogen-bond acceptors (Lipinski definition) is 9. The highest BCUT2D eigenvalue weighted by molar-refractivity contribution is 7.81. The molecule has 39 heavy (non-hydrogen) atoms. The van der Waals surface area contributed by atoms with Crippen LogP contribution in [-0.2, 0) is 32.0 Å². The van der Waals surface area contributed by atoms with E-state index in [1.54, 1.807) is 52.0 Å². The van der Waals surface area contributed by atoms with Gasteiger partial charge in [-0.25, -0.2) is 4.79 Å². The normalized spacial score (nSPS) is 14.5. The number of aliphatic carboxylic acids is 1. The van der Waals surface area contributed by atoms with E-state index in [0.717, 1.165) is 21.6 Å². The van der Waals surface area contributed by atoms with Crippen molar-refractivity contribution in [3.8, 4) is 5.75 Å². The van der Waals surface area contributed by atoms with Crippen LogP contribution in [0.25, 0.3) is 0 Å². The number of amides is 3. The van der Waals surface area contributed by atoms with Crippen LogP contribution in [0.5, 0.6) is 5.75 Å². The number of benzene rings is 1. The molecule has 4 atom stereocenters. The quantitative estimate of drug-likeness (QED) is 0.161. The lowest BCUT2D eigenvalue weighted by Crippen LogP contribution is -2.60. The van der Waals surface area contributed by atoms with Crippen molar-refractivity contribution >= 4 is 60.3 Å². The Labute approximate surface area is 243 Å². The van der Waals surface area contributed by atoms with E-state index in [1.165, 1.54) is 11.3 Å². The summed E-state index contributed by atoms with van der Waals surface area (Å²) < 4.78 is -1.08. The number of nitrogens with two attached hydrogens (primary N) is 1. The summed E-state index contributed by atoms with van der Waals surface area (Å²) >= 11 is 9.86. The Bertz CT molecular complexity index is 1160. The van der Waals surface area contributed by atoms with Crippen LogP contribution in [0.2, 0.25) is 0 Å². The second-order valence-electron chi connectivity index (χ2n) is 9.89. The number of rotatable bonds is 13. The van der Waals surface area contributed by atoms with Gasteiger partial charge >= 0.3 is 5.97 Å². The summed E-state index contributed by atoms with van der Waals surface area (Å²) in [6.45, 7) is 6.72. The number of hydrogen-bond donors (Lipinski definition) is 8. The maximum atomic E-state index is 13.1. The van der Waals surface area contributed by atoms with Gasteiger partial charge in [-0.2, -0.15) is 25.3 Å². The lowest BCUT2D eigenvalue weighted by molar-refractivity contribution is -0.143. The fraction of sp³-hybridized carbons (Fsp3) is 0.462. The Hall–Kier alpha value is -2.74. The number of phenolic OH excluding ortho intramolecular Hbond substituents is 1. The van der Waals surface area contributed by atoms with Crippen LogP contribution in [0.3, 0.4) is 0 Å². The van der Waals surface area contributed by atoms with E-state index in [9.17, 15) is 29.4 Å². The van der Waals surface area contributed by atoms with Crippen LogP contribution in [0, 0.1) is 13.8 Å². The fourth-order valence-electron chi connectivity index (χ4n) is 3.97. The number of aromatic hydroxyl groups is 1. The predicted molar refractivity (Wildman–Crippen MR) is 158 cm³/mol. The maximum absolute atomic E-state index is 13.1. The molecule has 3 amide bonds. The zero-order valence-electron chi connectivity index (χ0n) is 22.2. The van der Waals surface area contributed by atoms with Gasteiger partial charge in [-0.05, 0) is 74.4 Å². The molecule has 0 radical (unpaired) electrons. The van der Waals surface area contributed by atoms with E-state index in [1.807, 2.05) is 5.38 Å². The number of nitrogens with one attached hydrogen (secondary N) is 3. The molecule has 0 bridgehead atoms. The standard InChI is InChI=1S/C26H36N4O6S3/c1-13-8-15(31)9-14(2)17(13)11-18(27)22(32)29-20(12-37)24(34)28-19(10-16-6-5-7-39-16)23(33)30-21(25(35)36)26(3,4)38/h5-9,18-21,31,37-38H,10-12,27H2,1-4H3,(H,28,34)(H,29,32)(H,30,33)(H,35,36)/t18-,19-,20+,21-/m0/s1. The SMILES string of the molecule is Cc1cc(O)cc(C)c1C[C@H](N)C(=O)N[C@H](CS)C(=O)N[C@@H](Cc1cccs1)C(=O)N[C@@H](C(=O)O)C(C)(C)S. The van der Waals surface area contributed by atoms with Gasteiger partial charge in [0.05, 0.1) is 6.04 Å². The summed E-state index contributed by atoms with van der Waals surface area (Å²) in [6.07, 6.45) is 0.297. The van der Waals surface area contributed by atoms with Crippen molar-refractivity contribution in [1.29, 1.82) is 0 Å². The first kappa shape index (κ1) is 32.5. The van der Waals surface area contributed by atoms with E-state index in [0.29, 0.717) is 0 Å². The molecule has 7 N–H and O–H groups in total. The van der Waals surface area contributed by atoms with E-state index in [2.05, 4.69) is 41.2 Å². The second-order valence-corrected chi connectivity index (χ2v) is 12.4. The third kappa shape index (κ3) is 9.45. The maximum Gasteiger partial charge on any atom is 0.327 e. The van der Waals surface area contributed by atoms with Crippen molar-refractivity contribution in [2.75, 3.05) is 5.75 Å². The van der Waals surface area contributed by atoms with Gasteiger partial charge in [0, 0.05) is 21.8 Å². The highest BCUT2D eigenvalue weighted by atomic mass is 32.1. The highest BCUT2D eigenvalue weighted by Crippen LogP contribution is 2.22. The number of thiol groups is 2. The number of carbonyl (C=O) groups excluding carboxylic acids is 3. The van der Waals surface area contributed by atoms with E-state index < -0.39 is 52.6 Å². The molecule has 2 rings (SSSR count). The molecular weight excluding hydrogens is 561 g/mol. The largest absolute Gasteiger partial charge is 0.508 e. The molecule has 1 heterocycles. The first-order valence-electron chi connectivity index (χ1n) is 12.2. The number of phenols is 1. The number of carboxylic acids is 1. The minimum atomic E-state index is -1.32. The molecule has 0 aliphatic carbocycles. The van der Waals surface area contributed by atoms with E-state index >= 15 is 0 Å². The summed E-state index contributed by atoms with van der Waals surface area (Å²) in [5.74, 6) is -3.18. The van der Waals surface area contributed by atoms with Crippen LogP contribution in [0.15, 0.2) is 29.6 Å². The van der Waals surface area contributed by atoms with Crippen molar-refractivity contribution in [3.05, 3.63) is 51.2 Å². The molecule has 214 valence electrons. The van der Waals surface area contributed by atoms with Crippen molar-refractivity contribution in [3.63, 3.8) is 0 Å². The number of carbonyl (C=O) groups is 4. The Morgan fingerprint density at radius 2 is 1.56 bits per heavy atom. The minimum absolute atomic E-state index is 0.0731. The average Bonchev–Trinajstić information content (AvgIpc) is 3.34. The van der Waals surface area contributed by atoms with Crippen LogP contribution in [-0.4, -0.2) is 68.6 Å². The van der Waals surface area contributed by atoms with E-state index in [-0.39, 0.29) is 24.3 Å². The van der Waals surface area contributed by atoms with Crippen LogP contribution in [0.1, 0.15) is 35.4 Å². The number of thiophene rings is 1. The molecule has 0 saturated carbocycles. The van der Waals surface area contributed by atoms with Crippen LogP contribution < -0.4 is 21.7 Å².